The van der Waals surface area contributed by atoms with E-state index in [9.17, 15) is 0 Å². The van der Waals surface area contributed by atoms with Crippen LogP contribution in [0.25, 0.3) is 0 Å². The second-order valence-electron chi connectivity index (χ2n) is 5.56. The van der Waals surface area contributed by atoms with E-state index in [0.29, 0.717) is 0 Å². The molecule has 0 spiro atoms. The third-order valence-corrected chi connectivity index (χ3v) is 2.88. The molecule has 0 atom stereocenters. The van der Waals surface area contributed by atoms with Gasteiger partial charge in [-0.3, -0.25) is 0 Å². The smallest absolute Gasteiger partial charge is 0.00893 e. The van der Waals surface area contributed by atoms with Crippen LogP contribution >= 0.6 is 0 Å². The minimum absolute atomic E-state index is 0.791. The fourth-order valence-corrected chi connectivity index (χ4v) is 1.71. The van der Waals surface area contributed by atoms with Crippen molar-refractivity contribution in [2.24, 2.45) is 11.8 Å². The van der Waals surface area contributed by atoms with Crippen LogP contribution in [-0.2, 0) is 0 Å². The first kappa shape index (κ1) is 14.0. The van der Waals surface area contributed by atoms with Gasteiger partial charge in [-0.1, -0.05) is 27.7 Å². The zero-order valence-electron chi connectivity index (χ0n) is 11.0. The summed E-state index contributed by atoms with van der Waals surface area (Å²) in [6.45, 7) is 9.26. The van der Waals surface area contributed by atoms with Gasteiger partial charge < -0.3 is 4.90 Å². The molecule has 0 heterocycles. The average molecular weight is 199 g/mol. The van der Waals surface area contributed by atoms with Gasteiger partial charge in [0.05, 0.1) is 0 Å². The Morgan fingerprint density at radius 3 is 1.29 bits per heavy atom. The second kappa shape index (κ2) is 7.28. The number of hydrogen-bond donors (Lipinski definition) is 0. The summed E-state index contributed by atoms with van der Waals surface area (Å²) in [5.41, 5.74) is 0. The van der Waals surface area contributed by atoms with Gasteiger partial charge in [0.2, 0.25) is 0 Å². The predicted molar refractivity (Wildman–Crippen MR) is 65.6 cm³/mol. The lowest BCUT2D eigenvalue weighted by Crippen LogP contribution is -2.28. The van der Waals surface area contributed by atoms with Crippen molar-refractivity contribution in [2.45, 2.75) is 59.4 Å². The van der Waals surface area contributed by atoms with E-state index in [-0.39, 0.29) is 0 Å². The Morgan fingerprint density at radius 2 is 1.07 bits per heavy atom. The highest BCUT2D eigenvalue weighted by molar-refractivity contribution is 4.68. The van der Waals surface area contributed by atoms with Gasteiger partial charge in [0.1, 0.15) is 0 Å². The molecule has 0 N–H and O–H groups in total. The van der Waals surface area contributed by atoms with Crippen LogP contribution in [0.15, 0.2) is 0 Å². The molecule has 0 bridgehead atoms. The molecule has 0 aliphatic carbocycles. The van der Waals surface area contributed by atoms with Crippen molar-refractivity contribution in [1.29, 1.82) is 0 Å². The number of nitrogens with zero attached hydrogens (tertiary/aromatic N) is 1. The SMILES string of the molecule is CC(C)CCC(CCC(C)C)N(C)C. The molecule has 1 heteroatoms. The minimum Gasteiger partial charge on any atom is -0.306 e. The number of rotatable bonds is 7. The molecule has 86 valence electrons. The Bertz CT molecular complexity index is 115. The maximum atomic E-state index is 2.39. The summed E-state index contributed by atoms with van der Waals surface area (Å²) in [6.07, 6.45) is 5.44. The minimum atomic E-state index is 0.791. The maximum absolute atomic E-state index is 2.39. The van der Waals surface area contributed by atoms with Gasteiger partial charge in [0.15, 0.2) is 0 Å². The van der Waals surface area contributed by atoms with Crippen molar-refractivity contribution in [2.75, 3.05) is 14.1 Å². The lowest BCUT2D eigenvalue weighted by molar-refractivity contribution is 0.239. The van der Waals surface area contributed by atoms with Gasteiger partial charge in [0, 0.05) is 6.04 Å². The molecular formula is C13H29N. The molecule has 0 fully saturated rings. The first-order valence-electron chi connectivity index (χ1n) is 6.10. The average Bonchev–Trinajstić information content (AvgIpc) is 2.02. The van der Waals surface area contributed by atoms with Crippen LogP contribution in [0.4, 0.5) is 0 Å². The van der Waals surface area contributed by atoms with E-state index in [1.165, 1.54) is 25.7 Å². The van der Waals surface area contributed by atoms with Crippen molar-refractivity contribution < 1.29 is 0 Å². The molecule has 0 aromatic heterocycles. The van der Waals surface area contributed by atoms with E-state index >= 15 is 0 Å². The number of hydrogen-bond acceptors (Lipinski definition) is 1. The molecule has 0 aromatic carbocycles. The van der Waals surface area contributed by atoms with Gasteiger partial charge in [-0.05, 0) is 51.6 Å². The quantitative estimate of drug-likeness (QED) is 0.603. The van der Waals surface area contributed by atoms with Crippen LogP contribution in [0.3, 0.4) is 0 Å². The Labute approximate surface area is 90.9 Å². The highest BCUT2D eigenvalue weighted by atomic mass is 15.1. The summed E-state index contributed by atoms with van der Waals surface area (Å²) in [6, 6.07) is 0.791. The van der Waals surface area contributed by atoms with Crippen molar-refractivity contribution in [3.8, 4) is 0 Å². The zero-order chi connectivity index (χ0) is 11.1. The fourth-order valence-electron chi connectivity index (χ4n) is 1.71. The molecule has 0 amide bonds. The predicted octanol–water partition coefficient (Wildman–Crippen LogP) is 3.79. The molecule has 0 rings (SSSR count). The molecule has 0 aromatic rings. The van der Waals surface area contributed by atoms with E-state index in [1.807, 2.05) is 0 Å². The summed E-state index contributed by atoms with van der Waals surface area (Å²) in [7, 11) is 4.43. The third-order valence-electron chi connectivity index (χ3n) is 2.88. The van der Waals surface area contributed by atoms with Crippen molar-refractivity contribution in [1.82, 2.24) is 4.90 Å². The van der Waals surface area contributed by atoms with Crippen molar-refractivity contribution >= 4 is 0 Å². The Kier molecular flexibility index (Phi) is 7.26. The highest BCUT2D eigenvalue weighted by Gasteiger charge is 2.12. The van der Waals surface area contributed by atoms with Gasteiger partial charge in [-0.2, -0.15) is 0 Å². The van der Waals surface area contributed by atoms with E-state index < -0.39 is 0 Å². The topological polar surface area (TPSA) is 3.24 Å². The van der Waals surface area contributed by atoms with Gasteiger partial charge >= 0.3 is 0 Å². The standard InChI is InChI=1S/C13H29N/c1-11(2)7-9-13(14(5)6)10-8-12(3)4/h11-13H,7-10H2,1-6H3. The van der Waals surface area contributed by atoms with Gasteiger partial charge in [-0.15, -0.1) is 0 Å². The second-order valence-corrected chi connectivity index (χ2v) is 5.56. The maximum Gasteiger partial charge on any atom is 0.00893 e. The zero-order valence-corrected chi connectivity index (χ0v) is 11.0. The molecule has 0 saturated carbocycles. The molecule has 0 aliphatic heterocycles. The highest BCUT2D eigenvalue weighted by Crippen LogP contribution is 2.17. The normalized spacial score (nSPS) is 12.4. The molecule has 14 heavy (non-hydrogen) atoms. The summed E-state index contributed by atoms with van der Waals surface area (Å²) in [5, 5.41) is 0. The summed E-state index contributed by atoms with van der Waals surface area (Å²) in [5.74, 6) is 1.69. The molecule has 1 nitrogen and oxygen atoms in total. The molecule has 0 saturated heterocycles. The van der Waals surface area contributed by atoms with Crippen LogP contribution in [0.5, 0.6) is 0 Å². The Morgan fingerprint density at radius 1 is 0.714 bits per heavy atom. The summed E-state index contributed by atoms with van der Waals surface area (Å²) in [4.78, 5) is 2.39. The van der Waals surface area contributed by atoms with Crippen LogP contribution in [-0.4, -0.2) is 25.0 Å². The van der Waals surface area contributed by atoms with E-state index in [4.69, 9.17) is 0 Å². The van der Waals surface area contributed by atoms with Crippen LogP contribution in [0.2, 0.25) is 0 Å². The monoisotopic (exact) mass is 199 g/mol. The first-order chi connectivity index (χ1) is 6.43. The largest absolute Gasteiger partial charge is 0.306 e. The van der Waals surface area contributed by atoms with Crippen LogP contribution in [0.1, 0.15) is 53.4 Å². The lowest BCUT2D eigenvalue weighted by Gasteiger charge is -2.25. The molecule has 0 radical (unpaired) electrons. The van der Waals surface area contributed by atoms with E-state index in [2.05, 4.69) is 46.7 Å². The van der Waals surface area contributed by atoms with E-state index in [0.717, 1.165) is 17.9 Å². The molecule has 0 unspecified atom stereocenters. The molecule has 0 aliphatic rings. The fraction of sp³-hybridized carbons (Fsp3) is 1.00. The Hall–Kier alpha value is -0.0400. The van der Waals surface area contributed by atoms with Gasteiger partial charge in [0.25, 0.3) is 0 Å². The summed E-state index contributed by atoms with van der Waals surface area (Å²) < 4.78 is 0. The van der Waals surface area contributed by atoms with Crippen molar-refractivity contribution in [3.63, 3.8) is 0 Å². The lowest BCUT2D eigenvalue weighted by atomic mass is 9.96. The van der Waals surface area contributed by atoms with Crippen LogP contribution in [0, 0.1) is 11.8 Å². The molecular weight excluding hydrogens is 170 g/mol. The third kappa shape index (κ3) is 7.37. The first-order valence-corrected chi connectivity index (χ1v) is 6.10. The van der Waals surface area contributed by atoms with Crippen LogP contribution < -0.4 is 0 Å². The van der Waals surface area contributed by atoms with E-state index in [1.54, 1.807) is 0 Å². The summed E-state index contributed by atoms with van der Waals surface area (Å²) >= 11 is 0. The Balaban J connectivity index is 3.78. The van der Waals surface area contributed by atoms with Gasteiger partial charge in [-0.25, -0.2) is 0 Å². The van der Waals surface area contributed by atoms with Crippen molar-refractivity contribution in [3.05, 3.63) is 0 Å².